The van der Waals surface area contributed by atoms with Gasteiger partial charge in [-0.05, 0) is 68.1 Å². The van der Waals surface area contributed by atoms with Gasteiger partial charge in [0, 0.05) is 18.5 Å². The van der Waals surface area contributed by atoms with Crippen molar-refractivity contribution in [3.63, 3.8) is 0 Å². The predicted octanol–water partition coefficient (Wildman–Crippen LogP) is 7.08. The summed E-state index contributed by atoms with van der Waals surface area (Å²) in [4.78, 5) is 2.63. The lowest BCUT2D eigenvalue weighted by molar-refractivity contribution is 0.109. The van der Waals surface area contributed by atoms with Crippen LogP contribution < -0.4 is 18.9 Å². The number of piperidine rings is 1. The van der Waals surface area contributed by atoms with Crippen molar-refractivity contribution in [3.05, 3.63) is 48.0 Å². The molecule has 4 rings (SSSR count). The number of likely N-dealkylation sites (tertiary alicyclic amines) is 1. The maximum atomic E-state index is 6.31. The van der Waals surface area contributed by atoms with Gasteiger partial charge in [0.15, 0.2) is 11.5 Å². The van der Waals surface area contributed by atoms with Crippen molar-refractivity contribution in [2.45, 2.75) is 64.7 Å². The summed E-state index contributed by atoms with van der Waals surface area (Å²) in [6, 6.07) is 14.7. The first-order chi connectivity index (χ1) is 16.8. The number of benzene rings is 2. The Bertz CT molecular complexity index is 875. The lowest BCUT2D eigenvalue weighted by Crippen LogP contribution is -2.42. The van der Waals surface area contributed by atoms with Crippen molar-refractivity contribution in [2.75, 3.05) is 39.6 Å². The van der Waals surface area contributed by atoms with Crippen molar-refractivity contribution in [1.82, 2.24) is 4.90 Å². The van der Waals surface area contributed by atoms with E-state index in [-0.39, 0.29) is 19.2 Å². The number of fused-ring (bicyclic) bond motifs is 1. The standard InChI is InChI=1S/C29H41NO4.ClH/c1-3-5-7-16-30-17-15-27(23-9-11-25(12-10-23)31-18-8-6-4-2)24(20-30)21-32-26-13-14-28-29(19-26)34-22-33-28;/h9-14,19,24,27H,3-8,15-18,20-22H2,1-2H3;1H/t24-,27-;/m1./s1. The summed E-state index contributed by atoms with van der Waals surface area (Å²) < 4.78 is 23.2. The fourth-order valence-electron chi connectivity index (χ4n) is 5.03. The molecule has 2 aliphatic heterocycles. The second kappa shape index (κ2) is 14.4. The van der Waals surface area contributed by atoms with Crippen LogP contribution in [0.4, 0.5) is 0 Å². The van der Waals surface area contributed by atoms with Crippen LogP contribution in [-0.4, -0.2) is 44.5 Å². The third-order valence-electron chi connectivity index (χ3n) is 7.03. The molecule has 0 unspecified atom stereocenters. The lowest BCUT2D eigenvalue weighted by Gasteiger charge is -2.39. The summed E-state index contributed by atoms with van der Waals surface area (Å²) in [6.45, 7) is 9.69. The first-order valence-corrected chi connectivity index (χ1v) is 13.2. The van der Waals surface area contributed by atoms with Gasteiger partial charge in [-0.1, -0.05) is 51.7 Å². The van der Waals surface area contributed by atoms with E-state index in [0.717, 1.165) is 55.5 Å². The Labute approximate surface area is 217 Å². The summed E-state index contributed by atoms with van der Waals surface area (Å²) in [5.41, 5.74) is 1.40. The summed E-state index contributed by atoms with van der Waals surface area (Å²) >= 11 is 0. The zero-order valence-electron chi connectivity index (χ0n) is 21.4. The Morgan fingerprint density at radius 1 is 0.857 bits per heavy atom. The molecule has 0 bridgehead atoms. The third kappa shape index (κ3) is 7.94. The smallest absolute Gasteiger partial charge is 0.231 e. The number of ether oxygens (including phenoxy) is 4. The number of rotatable bonds is 13. The number of nitrogens with zero attached hydrogens (tertiary/aromatic N) is 1. The fraction of sp³-hybridized carbons (Fsp3) is 0.586. The largest absolute Gasteiger partial charge is 0.494 e. The molecule has 5 nitrogen and oxygen atoms in total. The van der Waals surface area contributed by atoms with Crippen LogP contribution in [0.25, 0.3) is 0 Å². The molecule has 194 valence electrons. The number of hydrogen-bond donors (Lipinski definition) is 0. The zero-order valence-corrected chi connectivity index (χ0v) is 22.2. The molecule has 6 heteroatoms. The van der Waals surface area contributed by atoms with Crippen LogP contribution in [0.2, 0.25) is 0 Å². The highest BCUT2D eigenvalue weighted by atomic mass is 35.5. The summed E-state index contributed by atoms with van der Waals surface area (Å²) in [6.07, 6.45) is 8.57. The van der Waals surface area contributed by atoms with E-state index >= 15 is 0 Å². The highest BCUT2D eigenvalue weighted by Gasteiger charge is 2.31. The Hall–Kier alpha value is -2.11. The van der Waals surface area contributed by atoms with Gasteiger partial charge in [-0.25, -0.2) is 0 Å². The van der Waals surface area contributed by atoms with Gasteiger partial charge in [0.05, 0.1) is 13.2 Å². The van der Waals surface area contributed by atoms with Gasteiger partial charge >= 0.3 is 0 Å². The van der Waals surface area contributed by atoms with Crippen molar-refractivity contribution in [3.8, 4) is 23.0 Å². The fourth-order valence-corrected chi connectivity index (χ4v) is 5.03. The maximum Gasteiger partial charge on any atom is 0.231 e. The number of halogens is 1. The molecular formula is C29H42ClNO4. The zero-order chi connectivity index (χ0) is 23.6. The molecule has 0 aromatic heterocycles. The molecule has 0 N–H and O–H groups in total. The summed E-state index contributed by atoms with van der Waals surface area (Å²) in [7, 11) is 0. The van der Waals surface area contributed by atoms with Crippen LogP contribution in [0.15, 0.2) is 42.5 Å². The van der Waals surface area contributed by atoms with Crippen molar-refractivity contribution in [2.24, 2.45) is 5.92 Å². The molecule has 1 saturated heterocycles. The topological polar surface area (TPSA) is 40.2 Å². The second-order valence-corrected chi connectivity index (χ2v) is 9.61. The molecule has 0 saturated carbocycles. The van der Waals surface area contributed by atoms with Gasteiger partial charge in [-0.3, -0.25) is 0 Å². The highest BCUT2D eigenvalue weighted by molar-refractivity contribution is 5.85. The van der Waals surface area contributed by atoms with Crippen LogP contribution in [0.5, 0.6) is 23.0 Å². The van der Waals surface area contributed by atoms with Crippen molar-refractivity contribution < 1.29 is 18.9 Å². The molecule has 1 fully saturated rings. The Morgan fingerprint density at radius 3 is 2.40 bits per heavy atom. The quantitative estimate of drug-likeness (QED) is 0.273. The van der Waals surface area contributed by atoms with Crippen LogP contribution in [0.1, 0.15) is 70.3 Å². The second-order valence-electron chi connectivity index (χ2n) is 9.61. The molecule has 2 aromatic carbocycles. The monoisotopic (exact) mass is 503 g/mol. The van der Waals surface area contributed by atoms with Gasteiger partial charge in [0.2, 0.25) is 6.79 Å². The number of unbranched alkanes of at least 4 members (excludes halogenated alkanes) is 4. The van der Waals surface area contributed by atoms with E-state index in [1.165, 1.54) is 44.2 Å². The minimum Gasteiger partial charge on any atom is -0.494 e. The minimum atomic E-state index is 0. The molecule has 2 aromatic rings. The van der Waals surface area contributed by atoms with Gasteiger partial charge in [-0.2, -0.15) is 0 Å². The summed E-state index contributed by atoms with van der Waals surface area (Å²) in [5.74, 6) is 4.32. The van der Waals surface area contributed by atoms with E-state index in [1.807, 2.05) is 18.2 Å². The van der Waals surface area contributed by atoms with E-state index in [1.54, 1.807) is 0 Å². The average Bonchev–Trinajstić information content (AvgIpc) is 3.34. The molecule has 2 atom stereocenters. The average molecular weight is 504 g/mol. The first-order valence-electron chi connectivity index (χ1n) is 13.2. The summed E-state index contributed by atoms with van der Waals surface area (Å²) in [5, 5.41) is 0. The van der Waals surface area contributed by atoms with Crippen LogP contribution in [0, 0.1) is 5.92 Å². The molecule has 0 radical (unpaired) electrons. The van der Waals surface area contributed by atoms with E-state index in [4.69, 9.17) is 18.9 Å². The Balaban J connectivity index is 0.00000342. The molecule has 2 aliphatic rings. The van der Waals surface area contributed by atoms with Gasteiger partial charge in [0.1, 0.15) is 11.5 Å². The SMILES string of the molecule is CCCCCOc1ccc([C@H]2CCN(CCCCC)C[C@@H]2COc2ccc3c(c2)OCO3)cc1.Cl. The first kappa shape index (κ1) is 27.5. The van der Waals surface area contributed by atoms with Crippen LogP contribution >= 0.6 is 12.4 Å². The van der Waals surface area contributed by atoms with E-state index < -0.39 is 0 Å². The van der Waals surface area contributed by atoms with E-state index in [2.05, 4.69) is 43.0 Å². The highest BCUT2D eigenvalue weighted by Crippen LogP contribution is 2.37. The van der Waals surface area contributed by atoms with Gasteiger partial charge in [-0.15, -0.1) is 12.4 Å². The maximum absolute atomic E-state index is 6.31. The van der Waals surface area contributed by atoms with E-state index in [0.29, 0.717) is 18.4 Å². The van der Waals surface area contributed by atoms with Crippen LogP contribution in [0.3, 0.4) is 0 Å². The normalized spacial score (nSPS) is 19.3. The van der Waals surface area contributed by atoms with Crippen molar-refractivity contribution in [1.29, 1.82) is 0 Å². The minimum absolute atomic E-state index is 0. The molecule has 0 spiro atoms. The Morgan fingerprint density at radius 2 is 1.60 bits per heavy atom. The molecule has 2 heterocycles. The van der Waals surface area contributed by atoms with Gasteiger partial charge in [0.25, 0.3) is 0 Å². The number of hydrogen-bond acceptors (Lipinski definition) is 5. The molecular weight excluding hydrogens is 462 g/mol. The predicted molar refractivity (Wildman–Crippen MR) is 144 cm³/mol. The molecule has 0 amide bonds. The lowest BCUT2D eigenvalue weighted by atomic mass is 9.80. The van der Waals surface area contributed by atoms with Crippen LogP contribution in [-0.2, 0) is 0 Å². The van der Waals surface area contributed by atoms with Gasteiger partial charge < -0.3 is 23.8 Å². The van der Waals surface area contributed by atoms with E-state index in [9.17, 15) is 0 Å². The Kier molecular flexibility index (Phi) is 11.3. The molecule has 35 heavy (non-hydrogen) atoms. The third-order valence-corrected chi connectivity index (χ3v) is 7.03. The molecule has 0 aliphatic carbocycles. The van der Waals surface area contributed by atoms with Crippen molar-refractivity contribution >= 4 is 12.4 Å².